The van der Waals surface area contributed by atoms with E-state index in [4.69, 9.17) is 0 Å². The Bertz CT molecular complexity index is 1150. The van der Waals surface area contributed by atoms with Gasteiger partial charge in [0.1, 0.15) is 11.6 Å². The molecule has 1 heterocycles. The molecular formula is C26H23FN4OS. The minimum Gasteiger partial charge on any atom is -0.333 e. The molecule has 0 bridgehead atoms. The van der Waals surface area contributed by atoms with Gasteiger partial charge in [0.25, 0.3) is 0 Å². The summed E-state index contributed by atoms with van der Waals surface area (Å²) in [5.74, 6) is 0.544. The molecule has 3 aromatic carbocycles. The predicted molar refractivity (Wildman–Crippen MR) is 130 cm³/mol. The van der Waals surface area contributed by atoms with Gasteiger partial charge in [-0.3, -0.25) is 9.89 Å². The van der Waals surface area contributed by atoms with Gasteiger partial charge in [0.05, 0.1) is 5.75 Å². The SMILES string of the molecule is O=C(CSc1n[nH]c(/C=C/c2ccc(F)cc2)n1)N(Cc1ccccc1)Cc1ccccc1. The topological polar surface area (TPSA) is 61.9 Å². The van der Waals surface area contributed by atoms with Gasteiger partial charge in [0.2, 0.25) is 11.1 Å². The van der Waals surface area contributed by atoms with Gasteiger partial charge in [0, 0.05) is 13.1 Å². The predicted octanol–water partition coefficient (Wildman–Crippen LogP) is 5.44. The van der Waals surface area contributed by atoms with Gasteiger partial charge in [-0.15, -0.1) is 5.10 Å². The molecule has 4 aromatic rings. The fourth-order valence-electron chi connectivity index (χ4n) is 3.20. The van der Waals surface area contributed by atoms with Crippen molar-refractivity contribution < 1.29 is 9.18 Å². The average molecular weight is 459 g/mol. The van der Waals surface area contributed by atoms with Crippen molar-refractivity contribution in [1.29, 1.82) is 0 Å². The zero-order chi connectivity index (χ0) is 22.9. The number of aromatic amines is 1. The summed E-state index contributed by atoms with van der Waals surface area (Å²) in [6, 6.07) is 26.1. The van der Waals surface area contributed by atoms with Gasteiger partial charge in [-0.1, -0.05) is 90.6 Å². The largest absolute Gasteiger partial charge is 0.333 e. The van der Waals surface area contributed by atoms with E-state index < -0.39 is 0 Å². The molecule has 5 nitrogen and oxygen atoms in total. The molecule has 0 aliphatic carbocycles. The van der Waals surface area contributed by atoms with Gasteiger partial charge in [0.15, 0.2) is 0 Å². The van der Waals surface area contributed by atoms with Crippen LogP contribution in [0.25, 0.3) is 12.2 Å². The highest BCUT2D eigenvalue weighted by atomic mass is 32.2. The van der Waals surface area contributed by atoms with Crippen LogP contribution < -0.4 is 0 Å². The van der Waals surface area contributed by atoms with Crippen LogP contribution in [-0.2, 0) is 17.9 Å². The van der Waals surface area contributed by atoms with Crippen molar-refractivity contribution in [3.05, 3.63) is 113 Å². The number of thioether (sulfide) groups is 1. The summed E-state index contributed by atoms with van der Waals surface area (Å²) < 4.78 is 13.0. The number of H-pyrrole nitrogens is 1. The summed E-state index contributed by atoms with van der Waals surface area (Å²) in [5, 5.41) is 7.54. The van der Waals surface area contributed by atoms with Crippen LogP contribution in [0, 0.1) is 5.82 Å². The molecule has 1 N–H and O–H groups in total. The lowest BCUT2D eigenvalue weighted by atomic mass is 10.1. The van der Waals surface area contributed by atoms with Gasteiger partial charge in [-0.05, 0) is 34.9 Å². The first kappa shape index (κ1) is 22.5. The Morgan fingerprint density at radius 2 is 1.48 bits per heavy atom. The number of nitrogens with one attached hydrogen (secondary N) is 1. The molecular weight excluding hydrogens is 435 g/mol. The summed E-state index contributed by atoms with van der Waals surface area (Å²) in [6.45, 7) is 1.07. The minimum absolute atomic E-state index is 0.0147. The van der Waals surface area contributed by atoms with Crippen LogP contribution in [0.15, 0.2) is 90.1 Å². The Balaban J connectivity index is 1.38. The Morgan fingerprint density at radius 3 is 2.09 bits per heavy atom. The first-order valence-corrected chi connectivity index (χ1v) is 11.5. The van der Waals surface area contributed by atoms with Crippen molar-refractivity contribution >= 4 is 29.8 Å². The molecule has 0 fully saturated rings. The smallest absolute Gasteiger partial charge is 0.233 e. The lowest BCUT2D eigenvalue weighted by Crippen LogP contribution is -2.31. The van der Waals surface area contributed by atoms with Crippen molar-refractivity contribution in [1.82, 2.24) is 20.1 Å². The van der Waals surface area contributed by atoms with Crippen LogP contribution in [0.4, 0.5) is 4.39 Å². The lowest BCUT2D eigenvalue weighted by Gasteiger charge is -2.23. The van der Waals surface area contributed by atoms with E-state index >= 15 is 0 Å². The van der Waals surface area contributed by atoms with Crippen molar-refractivity contribution in [2.24, 2.45) is 0 Å². The van der Waals surface area contributed by atoms with E-state index in [1.807, 2.05) is 71.6 Å². The normalized spacial score (nSPS) is 11.1. The Morgan fingerprint density at radius 1 is 0.879 bits per heavy atom. The zero-order valence-electron chi connectivity index (χ0n) is 17.9. The minimum atomic E-state index is -0.274. The molecule has 4 rings (SSSR count). The van der Waals surface area contributed by atoms with Crippen LogP contribution in [0.5, 0.6) is 0 Å². The number of hydrogen-bond acceptors (Lipinski definition) is 4. The Hall–Kier alpha value is -3.71. The molecule has 0 saturated heterocycles. The standard InChI is InChI=1S/C26H23FN4OS/c27-23-14-11-20(12-15-23)13-16-24-28-26(30-29-24)33-19-25(32)31(17-21-7-3-1-4-8-21)18-22-9-5-2-6-10-22/h1-16H,17-19H2,(H,28,29,30)/b16-13+. The van der Waals surface area contributed by atoms with E-state index in [2.05, 4.69) is 15.2 Å². The third-order valence-electron chi connectivity index (χ3n) is 4.90. The van der Waals surface area contributed by atoms with Gasteiger partial charge in [-0.2, -0.15) is 0 Å². The second-order valence-electron chi connectivity index (χ2n) is 7.40. The van der Waals surface area contributed by atoms with Crippen LogP contribution >= 0.6 is 11.8 Å². The van der Waals surface area contributed by atoms with E-state index in [0.29, 0.717) is 24.1 Å². The number of nitrogens with zero attached hydrogens (tertiary/aromatic N) is 3. The maximum absolute atomic E-state index is 13.1. The number of aromatic nitrogens is 3. The molecule has 1 amide bonds. The lowest BCUT2D eigenvalue weighted by molar-refractivity contribution is -0.129. The monoisotopic (exact) mass is 458 g/mol. The fourth-order valence-corrected chi connectivity index (χ4v) is 3.91. The number of halogens is 1. The second kappa shape index (κ2) is 11.2. The molecule has 0 spiro atoms. The zero-order valence-corrected chi connectivity index (χ0v) is 18.7. The molecule has 0 radical (unpaired) electrons. The van der Waals surface area contributed by atoms with E-state index in [9.17, 15) is 9.18 Å². The third kappa shape index (κ3) is 6.89. The van der Waals surface area contributed by atoms with Crippen molar-refractivity contribution in [2.45, 2.75) is 18.2 Å². The van der Waals surface area contributed by atoms with E-state index in [-0.39, 0.29) is 17.5 Å². The fraction of sp³-hybridized carbons (Fsp3) is 0.115. The van der Waals surface area contributed by atoms with E-state index in [1.165, 1.54) is 23.9 Å². The molecule has 1 aromatic heterocycles. The Kier molecular flexibility index (Phi) is 7.66. The number of amides is 1. The average Bonchev–Trinajstić information content (AvgIpc) is 3.31. The van der Waals surface area contributed by atoms with E-state index in [0.717, 1.165) is 16.7 Å². The van der Waals surface area contributed by atoms with Crippen LogP contribution in [-0.4, -0.2) is 31.7 Å². The maximum atomic E-state index is 13.1. The molecule has 0 saturated carbocycles. The molecule has 7 heteroatoms. The molecule has 0 aliphatic rings. The van der Waals surface area contributed by atoms with E-state index in [1.54, 1.807) is 18.2 Å². The number of rotatable bonds is 9. The highest BCUT2D eigenvalue weighted by molar-refractivity contribution is 7.99. The van der Waals surface area contributed by atoms with Crippen LogP contribution in [0.2, 0.25) is 0 Å². The first-order chi connectivity index (χ1) is 16.2. The highest BCUT2D eigenvalue weighted by Gasteiger charge is 2.16. The van der Waals surface area contributed by atoms with Gasteiger partial charge >= 0.3 is 0 Å². The molecule has 166 valence electrons. The van der Waals surface area contributed by atoms with Crippen LogP contribution in [0.3, 0.4) is 0 Å². The highest BCUT2D eigenvalue weighted by Crippen LogP contribution is 2.17. The number of carbonyl (C=O) groups excluding carboxylic acids is 1. The van der Waals surface area contributed by atoms with Crippen molar-refractivity contribution in [3.8, 4) is 0 Å². The van der Waals surface area contributed by atoms with Gasteiger partial charge < -0.3 is 4.90 Å². The van der Waals surface area contributed by atoms with Gasteiger partial charge in [-0.25, -0.2) is 9.37 Å². The quantitative estimate of drug-likeness (QED) is 0.340. The van der Waals surface area contributed by atoms with Crippen LogP contribution in [0.1, 0.15) is 22.5 Å². The summed E-state index contributed by atoms with van der Waals surface area (Å²) in [6.07, 6.45) is 3.59. The number of carbonyl (C=O) groups is 1. The number of benzene rings is 3. The molecule has 0 atom stereocenters. The molecule has 33 heavy (non-hydrogen) atoms. The molecule has 0 aliphatic heterocycles. The second-order valence-corrected chi connectivity index (χ2v) is 8.34. The summed E-state index contributed by atoms with van der Waals surface area (Å²) in [4.78, 5) is 19.3. The number of hydrogen-bond donors (Lipinski definition) is 1. The van der Waals surface area contributed by atoms with Crippen molar-refractivity contribution in [2.75, 3.05) is 5.75 Å². The first-order valence-electron chi connectivity index (χ1n) is 10.5. The Labute approximate surface area is 196 Å². The maximum Gasteiger partial charge on any atom is 0.233 e. The van der Waals surface area contributed by atoms with Crippen molar-refractivity contribution in [3.63, 3.8) is 0 Å². The summed E-state index contributed by atoms with van der Waals surface area (Å²) in [7, 11) is 0. The third-order valence-corrected chi connectivity index (χ3v) is 5.73. The molecule has 0 unspecified atom stereocenters. The summed E-state index contributed by atoms with van der Waals surface area (Å²) in [5.41, 5.74) is 3.02. The summed E-state index contributed by atoms with van der Waals surface area (Å²) >= 11 is 1.29.